The van der Waals surface area contributed by atoms with Crippen LogP contribution in [0.2, 0.25) is 0 Å². The lowest BCUT2D eigenvalue weighted by atomic mass is 9.63. The fourth-order valence-electron chi connectivity index (χ4n) is 4.55. The highest BCUT2D eigenvalue weighted by Crippen LogP contribution is 2.46. The van der Waals surface area contributed by atoms with Gasteiger partial charge in [-0.25, -0.2) is 0 Å². The molecule has 2 aliphatic carbocycles. The molecule has 3 rings (SSSR count). The van der Waals surface area contributed by atoms with Crippen molar-refractivity contribution in [3.05, 3.63) is 15.9 Å². The first-order valence-electron chi connectivity index (χ1n) is 8.83. The van der Waals surface area contributed by atoms with E-state index in [0.717, 1.165) is 41.8 Å². The average Bonchev–Trinajstić information content (AvgIpc) is 2.82. The molecular formula is C18H28N2O3S. The molecule has 2 unspecified atom stereocenters. The van der Waals surface area contributed by atoms with E-state index in [1.165, 1.54) is 0 Å². The minimum Gasteiger partial charge on any atom is -0.390 e. The molecule has 4 atom stereocenters. The Balaban J connectivity index is 1.74. The predicted molar refractivity (Wildman–Crippen MR) is 93.7 cm³/mol. The SMILES string of the molecule is COCCn1cc(C)sc1=NC(=O)C1C[C@@H]2C[C@H](C1)CC(C)(O)C2. The normalized spacial score (nSPS) is 33.7. The molecule has 1 aromatic heterocycles. The molecule has 6 heteroatoms. The van der Waals surface area contributed by atoms with Crippen LogP contribution in [0.5, 0.6) is 0 Å². The summed E-state index contributed by atoms with van der Waals surface area (Å²) >= 11 is 1.56. The maximum atomic E-state index is 12.7. The number of aliphatic hydroxyl groups is 1. The number of ether oxygens (including phenoxy) is 1. The Morgan fingerprint density at radius 3 is 2.71 bits per heavy atom. The topological polar surface area (TPSA) is 63.8 Å². The molecule has 2 bridgehead atoms. The molecule has 0 spiro atoms. The first-order valence-corrected chi connectivity index (χ1v) is 9.65. The summed E-state index contributed by atoms with van der Waals surface area (Å²) in [5.41, 5.74) is -0.549. The smallest absolute Gasteiger partial charge is 0.251 e. The Labute approximate surface area is 147 Å². The Morgan fingerprint density at radius 2 is 2.08 bits per heavy atom. The largest absolute Gasteiger partial charge is 0.390 e. The number of amides is 1. The summed E-state index contributed by atoms with van der Waals surface area (Å²) in [6.07, 6.45) is 6.57. The van der Waals surface area contributed by atoms with Gasteiger partial charge < -0.3 is 14.4 Å². The standard InChI is InChI=1S/C18H28N2O3S/c1-12-11-20(4-5-23-3)17(24-12)19-16(21)15-7-13-6-14(8-15)10-18(2,22)9-13/h11,13-15,22H,4-10H2,1-3H3/t13-,14+,15?,18?. The number of carbonyl (C=O) groups excluding carboxylic acids is 1. The van der Waals surface area contributed by atoms with E-state index in [-0.39, 0.29) is 11.8 Å². The van der Waals surface area contributed by atoms with E-state index in [1.807, 2.05) is 24.6 Å². The van der Waals surface area contributed by atoms with Crippen LogP contribution in [0.15, 0.2) is 11.2 Å². The lowest BCUT2D eigenvalue weighted by molar-refractivity contribution is -0.126. The van der Waals surface area contributed by atoms with Gasteiger partial charge in [0.15, 0.2) is 4.80 Å². The van der Waals surface area contributed by atoms with Crippen LogP contribution >= 0.6 is 11.3 Å². The second-order valence-electron chi connectivity index (χ2n) is 7.80. The molecule has 5 nitrogen and oxygen atoms in total. The number of aromatic nitrogens is 1. The Bertz CT molecular complexity index is 645. The average molecular weight is 353 g/mol. The van der Waals surface area contributed by atoms with E-state index in [4.69, 9.17) is 4.74 Å². The summed E-state index contributed by atoms with van der Waals surface area (Å²) in [7, 11) is 1.68. The number of rotatable bonds is 4. The zero-order chi connectivity index (χ0) is 17.3. The fraction of sp³-hybridized carbons (Fsp3) is 0.778. The molecule has 1 N–H and O–H groups in total. The van der Waals surface area contributed by atoms with Crippen LogP contribution < -0.4 is 4.80 Å². The van der Waals surface area contributed by atoms with Crippen molar-refractivity contribution in [2.24, 2.45) is 22.7 Å². The molecule has 24 heavy (non-hydrogen) atoms. The summed E-state index contributed by atoms with van der Waals surface area (Å²) in [4.78, 5) is 19.1. The third kappa shape index (κ3) is 4.16. The van der Waals surface area contributed by atoms with Crippen LogP contribution in [0.25, 0.3) is 0 Å². The molecule has 0 aliphatic heterocycles. The summed E-state index contributed by atoms with van der Waals surface area (Å²) < 4.78 is 7.14. The Kier molecular flexibility index (Phi) is 5.27. The van der Waals surface area contributed by atoms with Gasteiger partial charge in [0.1, 0.15) is 0 Å². The van der Waals surface area contributed by atoms with Crippen molar-refractivity contribution in [2.45, 2.75) is 58.1 Å². The molecule has 0 saturated heterocycles. The highest BCUT2D eigenvalue weighted by atomic mass is 32.1. The summed E-state index contributed by atoms with van der Waals surface area (Å²) in [5, 5.41) is 10.3. The lowest BCUT2D eigenvalue weighted by Crippen LogP contribution is -2.42. The highest BCUT2D eigenvalue weighted by Gasteiger charge is 2.42. The molecule has 0 aromatic carbocycles. The summed E-state index contributed by atoms with van der Waals surface area (Å²) in [6.45, 7) is 5.29. The molecule has 1 aromatic rings. The van der Waals surface area contributed by atoms with Crippen molar-refractivity contribution >= 4 is 17.2 Å². The third-order valence-electron chi connectivity index (χ3n) is 5.29. The van der Waals surface area contributed by atoms with Crippen LogP contribution in [0, 0.1) is 24.7 Å². The van der Waals surface area contributed by atoms with E-state index < -0.39 is 5.60 Å². The molecule has 2 aliphatic rings. The van der Waals surface area contributed by atoms with Gasteiger partial charge in [0, 0.05) is 30.6 Å². The molecular weight excluding hydrogens is 324 g/mol. The van der Waals surface area contributed by atoms with Crippen molar-refractivity contribution in [1.82, 2.24) is 4.57 Å². The number of aryl methyl sites for hydroxylation is 1. The van der Waals surface area contributed by atoms with Crippen LogP contribution in [-0.2, 0) is 16.1 Å². The molecule has 134 valence electrons. The fourth-order valence-corrected chi connectivity index (χ4v) is 5.42. The van der Waals surface area contributed by atoms with E-state index in [1.54, 1.807) is 18.4 Å². The number of hydrogen-bond acceptors (Lipinski definition) is 4. The minimum atomic E-state index is -0.549. The lowest BCUT2D eigenvalue weighted by Gasteiger charge is -2.44. The van der Waals surface area contributed by atoms with Gasteiger partial charge in [0.05, 0.1) is 12.2 Å². The van der Waals surface area contributed by atoms with E-state index >= 15 is 0 Å². The van der Waals surface area contributed by atoms with Gasteiger partial charge in [0.2, 0.25) is 0 Å². The molecule has 2 fully saturated rings. The quantitative estimate of drug-likeness (QED) is 0.905. The number of nitrogens with zero attached hydrogens (tertiary/aromatic N) is 2. The van der Waals surface area contributed by atoms with Gasteiger partial charge in [-0.15, -0.1) is 11.3 Å². The van der Waals surface area contributed by atoms with Crippen molar-refractivity contribution in [3.63, 3.8) is 0 Å². The van der Waals surface area contributed by atoms with Crippen molar-refractivity contribution in [3.8, 4) is 0 Å². The second-order valence-corrected chi connectivity index (χ2v) is 9.02. The molecule has 1 heterocycles. The highest BCUT2D eigenvalue weighted by molar-refractivity contribution is 7.09. The summed E-state index contributed by atoms with van der Waals surface area (Å²) in [6, 6.07) is 0. The number of fused-ring (bicyclic) bond motifs is 2. The maximum Gasteiger partial charge on any atom is 0.251 e. The van der Waals surface area contributed by atoms with Crippen LogP contribution in [0.4, 0.5) is 0 Å². The molecule has 1 amide bonds. The number of thiazole rings is 1. The maximum absolute atomic E-state index is 12.7. The number of carbonyl (C=O) groups is 1. The van der Waals surface area contributed by atoms with Gasteiger partial charge >= 0.3 is 0 Å². The Morgan fingerprint density at radius 1 is 1.42 bits per heavy atom. The van der Waals surface area contributed by atoms with Gasteiger partial charge in [-0.3, -0.25) is 4.79 Å². The zero-order valence-corrected chi connectivity index (χ0v) is 15.6. The predicted octanol–water partition coefficient (Wildman–Crippen LogP) is 2.51. The van der Waals surface area contributed by atoms with Gasteiger partial charge in [0.25, 0.3) is 5.91 Å². The minimum absolute atomic E-state index is 0.0132. The zero-order valence-electron chi connectivity index (χ0n) is 14.8. The monoisotopic (exact) mass is 352 g/mol. The van der Waals surface area contributed by atoms with Gasteiger partial charge in [-0.2, -0.15) is 4.99 Å². The first-order chi connectivity index (χ1) is 11.4. The number of hydrogen-bond donors (Lipinski definition) is 1. The van der Waals surface area contributed by atoms with E-state index in [0.29, 0.717) is 25.0 Å². The van der Waals surface area contributed by atoms with Crippen molar-refractivity contribution < 1.29 is 14.6 Å². The summed E-state index contributed by atoms with van der Waals surface area (Å²) in [5.74, 6) is 0.951. The van der Waals surface area contributed by atoms with Crippen LogP contribution in [0.1, 0.15) is 43.9 Å². The van der Waals surface area contributed by atoms with Crippen LogP contribution in [0.3, 0.4) is 0 Å². The third-order valence-corrected chi connectivity index (χ3v) is 6.22. The van der Waals surface area contributed by atoms with Crippen LogP contribution in [-0.4, -0.2) is 34.9 Å². The van der Waals surface area contributed by atoms with E-state index in [9.17, 15) is 9.90 Å². The second kappa shape index (κ2) is 7.10. The van der Waals surface area contributed by atoms with Gasteiger partial charge in [-0.05, 0) is 57.8 Å². The first kappa shape index (κ1) is 17.8. The van der Waals surface area contributed by atoms with Crippen molar-refractivity contribution in [1.29, 1.82) is 0 Å². The molecule has 2 saturated carbocycles. The molecule has 0 radical (unpaired) electrons. The van der Waals surface area contributed by atoms with E-state index in [2.05, 4.69) is 4.99 Å². The van der Waals surface area contributed by atoms with Gasteiger partial charge in [-0.1, -0.05) is 0 Å². The van der Waals surface area contributed by atoms with Crippen molar-refractivity contribution in [2.75, 3.05) is 13.7 Å². The number of methoxy groups -OCH3 is 1. The Hall–Kier alpha value is -0.980.